The molecule has 1 aromatic carbocycles. The number of methoxy groups -OCH3 is 1. The van der Waals surface area contributed by atoms with Gasteiger partial charge in [0, 0.05) is 18.3 Å². The minimum Gasteiger partial charge on any atom is -0.496 e. The molecule has 2 amide bonds. The molecule has 2 aromatic rings. The highest BCUT2D eigenvalue weighted by Gasteiger charge is 2.26. The lowest BCUT2D eigenvalue weighted by atomic mass is 10.0. The first-order valence-electron chi connectivity index (χ1n) is 8.18. The Bertz CT molecular complexity index is 653. The van der Waals surface area contributed by atoms with Crippen molar-refractivity contribution in [2.24, 2.45) is 0 Å². The zero-order chi connectivity index (χ0) is 16.8. The minimum absolute atomic E-state index is 0.0961. The van der Waals surface area contributed by atoms with Crippen molar-refractivity contribution in [1.29, 1.82) is 0 Å². The van der Waals surface area contributed by atoms with Gasteiger partial charge in [-0.25, -0.2) is 4.79 Å². The molecule has 3 N–H and O–H groups in total. The summed E-state index contributed by atoms with van der Waals surface area (Å²) in [5, 5.41) is 12.2. The fourth-order valence-corrected chi connectivity index (χ4v) is 3.11. The highest BCUT2D eigenvalue weighted by atomic mass is 16.5. The number of amides is 2. The Morgan fingerprint density at radius 3 is 2.88 bits per heavy atom. The monoisotopic (exact) mass is 329 g/mol. The number of likely N-dealkylation sites (tertiary alicyclic amines) is 1. The molecule has 0 bridgehead atoms. The van der Waals surface area contributed by atoms with Crippen molar-refractivity contribution in [2.45, 2.75) is 18.9 Å². The fourth-order valence-electron chi connectivity index (χ4n) is 3.11. The summed E-state index contributed by atoms with van der Waals surface area (Å²) >= 11 is 0. The predicted molar refractivity (Wildman–Crippen MR) is 92.2 cm³/mol. The largest absolute Gasteiger partial charge is 0.496 e. The van der Waals surface area contributed by atoms with Crippen LogP contribution in [0.1, 0.15) is 24.4 Å². The van der Waals surface area contributed by atoms with E-state index in [4.69, 9.17) is 4.74 Å². The van der Waals surface area contributed by atoms with Gasteiger partial charge in [0.25, 0.3) is 0 Å². The van der Waals surface area contributed by atoms with Gasteiger partial charge >= 0.3 is 6.03 Å². The number of ether oxygens (including phenoxy) is 1. The Hall–Kier alpha value is -2.54. The van der Waals surface area contributed by atoms with Crippen LogP contribution in [0.5, 0.6) is 5.75 Å². The van der Waals surface area contributed by atoms with Crippen LogP contribution in [0.2, 0.25) is 0 Å². The fraction of sp³-hybridized carbons (Fsp3) is 0.412. The van der Waals surface area contributed by atoms with E-state index in [0.29, 0.717) is 12.2 Å². The van der Waals surface area contributed by atoms with Crippen molar-refractivity contribution in [3.63, 3.8) is 0 Å². The molecule has 7 heteroatoms. The van der Waals surface area contributed by atoms with Gasteiger partial charge in [0.15, 0.2) is 0 Å². The second-order valence-corrected chi connectivity index (χ2v) is 5.82. The van der Waals surface area contributed by atoms with E-state index in [9.17, 15) is 4.79 Å². The number of carbonyl (C=O) groups excluding carboxylic acids is 1. The Kier molecular flexibility index (Phi) is 5.32. The standard InChI is InChI=1S/C17H23N5O2/c1-24-16-7-3-2-6-14(16)15(22-8-4-5-9-22)12-18-17(23)21-13-10-19-20-11-13/h2-3,6-7,10-11,15H,4-5,8-9,12H2,1H3,(H,19,20)(H2,18,21,23)/t15-/m0/s1. The van der Waals surface area contributed by atoms with E-state index in [1.807, 2.05) is 18.2 Å². The average Bonchev–Trinajstić information content (AvgIpc) is 3.29. The van der Waals surface area contributed by atoms with Gasteiger partial charge in [-0.3, -0.25) is 10.00 Å². The zero-order valence-electron chi connectivity index (χ0n) is 13.8. The Morgan fingerprint density at radius 2 is 2.17 bits per heavy atom. The normalized spacial score (nSPS) is 15.9. The van der Waals surface area contributed by atoms with Crippen molar-refractivity contribution in [1.82, 2.24) is 20.4 Å². The molecule has 1 aliphatic rings. The first-order chi connectivity index (χ1) is 11.8. The second-order valence-electron chi connectivity index (χ2n) is 5.82. The lowest BCUT2D eigenvalue weighted by Crippen LogP contribution is -2.38. The van der Waals surface area contributed by atoms with Gasteiger partial charge in [0.05, 0.1) is 25.0 Å². The number of aromatic amines is 1. The number of anilines is 1. The molecule has 0 spiro atoms. The number of urea groups is 1. The van der Waals surface area contributed by atoms with E-state index < -0.39 is 0 Å². The van der Waals surface area contributed by atoms with Gasteiger partial charge in [0.1, 0.15) is 5.75 Å². The Labute approximate surface area is 141 Å². The molecule has 1 aromatic heterocycles. The molecular weight excluding hydrogens is 306 g/mol. The van der Waals surface area contributed by atoms with Gasteiger partial charge < -0.3 is 15.4 Å². The minimum atomic E-state index is -0.240. The van der Waals surface area contributed by atoms with Crippen LogP contribution >= 0.6 is 0 Å². The van der Waals surface area contributed by atoms with Crippen LogP contribution in [-0.2, 0) is 0 Å². The topological polar surface area (TPSA) is 82.3 Å². The number of nitrogens with zero attached hydrogens (tertiary/aromatic N) is 2. The summed E-state index contributed by atoms with van der Waals surface area (Å²) in [6.45, 7) is 2.59. The summed E-state index contributed by atoms with van der Waals surface area (Å²) in [5.41, 5.74) is 1.74. The van der Waals surface area contributed by atoms with E-state index in [-0.39, 0.29) is 12.1 Å². The molecule has 1 saturated heterocycles. The summed E-state index contributed by atoms with van der Waals surface area (Å²) in [4.78, 5) is 14.5. The Morgan fingerprint density at radius 1 is 1.38 bits per heavy atom. The smallest absolute Gasteiger partial charge is 0.319 e. The first kappa shape index (κ1) is 16.3. The van der Waals surface area contributed by atoms with Crippen LogP contribution < -0.4 is 15.4 Å². The third kappa shape index (κ3) is 3.86. The molecule has 128 valence electrons. The number of hydrogen-bond donors (Lipinski definition) is 3. The molecular formula is C17H23N5O2. The molecule has 0 radical (unpaired) electrons. The third-order valence-electron chi connectivity index (χ3n) is 4.29. The maximum Gasteiger partial charge on any atom is 0.319 e. The van der Waals surface area contributed by atoms with Crippen molar-refractivity contribution in [3.8, 4) is 5.75 Å². The summed E-state index contributed by atoms with van der Waals surface area (Å²) < 4.78 is 5.51. The number of rotatable bonds is 6. The van der Waals surface area contributed by atoms with Crippen LogP contribution in [0.15, 0.2) is 36.7 Å². The van der Waals surface area contributed by atoms with E-state index >= 15 is 0 Å². The SMILES string of the molecule is COc1ccccc1[C@H](CNC(=O)Nc1cn[nH]c1)N1CCCC1. The average molecular weight is 329 g/mol. The van der Waals surface area contributed by atoms with Crippen LogP contribution in [0.3, 0.4) is 0 Å². The molecule has 1 atom stereocenters. The van der Waals surface area contributed by atoms with Gasteiger partial charge in [-0.1, -0.05) is 18.2 Å². The van der Waals surface area contributed by atoms with Gasteiger partial charge in [-0.05, 0) is 32.0 Å². The number of carbonyl (C=O) groups is 1. The van der Waals surface area contributed by atoms with Gasteiger partial charge in [0.2, 0.25) is 0 Å². The molecule has 0 aliphatic carbocycles. The number of benzene rings is 1. The lowest BCUT2D eigenvalue weighted by Gasteiger charge is -2.29. The van der Waals surface area contributed by atoms with Crippen molar-refractivity contribution < 1.29 is 9.53 Å². The van der Waals surface area contributed by atoms with E-state index in [1.165, 1.54) is 12.8 Å². The molecule has 7 nitrogen and oxygen atoms in total. The lowest BCUT2D eigenvalue weighted by molar-refractivity contribution is 0.224. The van der Waals surface area contributed by atoms with Gasteiger partial charge in [-0.15, -0.1) is 0 Å². The quantitative estimate of drug-likeness (QED) is 0.760. The van der Waals surface area contributed by atoms with E-state index in [0.717, 1.165) is 24.4 Å². The number of nitrogens with one attached hydrogen (secondary N) is 3. The number of aromatic nitrogens is 2. The molecule has 1 aliphatic heterocycles. The van der Waals surface area contributed by atoms with Crippen LogP contribution in [0, 0.1) is 0 Å². The summed E-state index contributed by atoms with van der Waals surface area (Å²) in [5.74, 6) is 0.853. The number of H-pyrrole nitrogens is 1. The Balaban J connectivity index is 1.69. The van der Waals surface area contributed by atoms with E-state index in [1.54, 1.807) is 19.5 Å². The predicted octanol–water partition coefficient (Wildman–Crippen LogP) is 2.38. The second kappa shape index (κ2) is 7.83. The van der Waals surface area contributed by atoms with Crippen LogP contribution in [-0.4, -0.2) is 47.9 Å². The number of hydrogen-bond acceptors (Lipinski definition) is 4. The molecule has 24 heavy (non-hydrogen) atoms. The maximum absolute atomic E-state index is 12.1. The van der Waals surface area contributed by atoms with E-state index in [2.05, 4.69) is 31.8 Å². The molecule has 2 heterocycles. The third-order valence-corrected chi connectivity index (χ3v) is 4.29. The highest BCUT2D eigenvalue weighted by molar-refractivity contribution is 5.88. The first-order valence-corrected chi connectivity index (χ1v) is 8.18. The zero-order valence-corrected chi connectivity index (χ0v) is 13.8. The number of para-hydroxylation sites is 1. The highest BCUT2D eigenvalue weighted by Crippen LogP contribution is 2.31. The maximum atomic E-state index is 12.1. The van der Waals surface area contributed by atoms with Crippen molar-refractivity contribution in [2.75, 3.05) is 32.1 Å². The van der Waals surface area contributed by atoms with Crippen LogP contribution in [0.25, 0.3) is 0 Å². The molecule has 0 saturated carbocycles. The summed E-state index contributed by atoms with van der Waals surface area (Å²) in [6, 6.07) is 7.85. The summed E-state index contributed by atoms with van der Waals surface area (Å²) in [7, 11) is 1.68. The van der Waals surface area contributed by atoms with Gasteiger partial charge in [-0.2, -0.15) is 5.10 Å². The molecule has 0 unspecified atom stereocenters. The van der Waals surface area contributed by atoms with Crippen LogP contribution in [0.4, 0.5) is 10.5 Å². The van der Waals surface area contributed by atoms with Crippen molar-refractivity contribution in [3.05, 3.63) is 42.2 Å². The molecule has 1 fully saturated rings. The molecule has 3 rings (SSSR count). The summed E-state index contributed by atoms with van der Waals surface area (Å²) in [6.07, 6.45) is 5.58. The van der Waals surface area contributed by atoms with Crippen molar-refractivity contribution >= 4 is 11.7 Å².